The molecule has 1 N–H and O–H groups in total. The fourth-order valence-corrected chi connectivity index (χ4v) is 1.59. The van der Waals surface area contributed by atoms with Crippen LogP contribution in [-0.2, 0) is 6.54 Å². The lowest BCUT2D eigenvalue weighted by molar-refractivity contribution is 0.819. The molecule has 2 heteroatoms. The van der Waals surface area contributed by atoms with Gasteiger partial charge < -0.3 is 5.32 Å². The molecule has 2 nitrogen and oxygen atoms in total. The lowest BCUT2D eigenvalue weighted by atomic mass is 10.1. The van der Waals surface area contributed by atoms with E-state index in [4.69, 9.17) is 0 Å². The monoisotopic (exact) mass is 186 g/mol. The van der Waals surface area contributed by atoms with Crippen molar-refractivity contribution in [2.75, 3.05) is 7.05 Å². The van der Waals surface area contributed by atoms with E-state index in [0.717, 1.165) is 17.8 Å². The summed E-state index contributed by atoms with van der Waals surface area (Å²) >= 11 is 0. The molecular weight excluding hydrogens is 172 g/mol. The SMILES string of the molecule is CNCc1ccc2nc(C)ccc2c1. The molecule has 0 aliphatic carbocycles. The molecule has 0 saturated heterocycles. The largest absolute Gasteiger partial charge is 0.316 e. The molecule has 0 unspecified atom stereocenters. The van der Waals surface area contributed by atoms with Crippen LogP contribution in [0.2, 0.25) is 0 Å². The quantitative estimate of drug-likeness (QED) is 0.778. The molecule has 1 aromatic carbocycles. The highest BCUT2D eigenvalue weighted by atomic mass is 14.8. The van der Waals surface area contributed by atoms with Crippen LogP contribution in [0.1, 0.15) is 11.3 Å². The molecule has 2 rings (SSSR count). The predicted molar refractivity (Wildman–Crippen MR) is 59.2 cm³/mol. The second kappa shape index (κ2) is 3.76. The molecule has 0 bridgehead atoms. The molecule has 72 valence electrons. The minimum atomic E-state index is 0.907. The Kier molecular flexibility index (Phi) is 2.46. The van der Waals surface area contributed by atoms with Crippen molar-refractivity contribution in [1.82, 2.24) is 10.3 Å². The van der Waals surface area contributed by atoms with Crippen LogP contribution in [0.5, 0.6) is 0 Å². The predicted octanol–water partition coefficient (Wildman–Crippen LogP) is 2.26. The minimum absolute atomic E-state index is 0.907. The van der Waals surface area contributed by atoms with E-state index >= 15 is 0 Å². The van der Waals surface area contributed by atoms with Crippen molar-refractivity contribution in [2.24, 2.45) is 0 Å². The summed E-state index contributed by atoms with van der Waals surface area (Å²) in [4.78, 5) is 4.46. The number of pyridine rings is 1. The fourth-order valence-electron chi connectivity index (χ4n) is 1.59. The number of nitrogens with zero attached hydrogens (tertiary/aromatic N) is 1. The Bertz CT molecular complexity index is 449. The van der Waals surface area contributed by atoms with Gasteiger partial charge in [0.1, 0.15) is 0 Å². The summed E-state index contributed by atoms with van der Waals surface area (Å²) in [6.45, 7) is 2.92. The maximum absolute atomic E-state index is 4.46. The van der Waals surface area contributed by atoms with Crippen LogP contribution in [0, 0.1) is 6.92 Å². The zero-order valence-electron chi connectivity index (χ0n) is 8.54. The molecule has 0 atom stereocenters. The molecule has 0 fully saturated rings. The number of hydrogen-bond donors (Lipinski definition) is 1. The van der Waals surface area contributed by atoms with E-state index in [2.05, 4.69) is 34.6 Å². The first-order chi connectivity index (χ1) is 6.79. The summed E-state index contributed by atoms with van der Waals surface area (Å²) in [5.74, 6) is 0. The van der Waals surface area contributed by atoms with Gasteiger partial charge in [0, 0.05) is 17.6 Å². The zero-order valence-corrected chi connectivity index (χ0v) is 8.54. The fraction of sp³-hybridized carbons (Fsp3) is 0.250. The smallest absolute Gasteiger partial charge is 0.0705 e. The third-order valence-electron chi connectivity index (χ3n) is 2.27. The molecule has 1 aromatic heterocycles. The topological polar surface area (TPSA) is 24.9 Å². The molecule has 0 radical (unpaired) electrons. The molecule has 0 spiro atoms. The van der Waals surface area contributed by atoms with Crippen LogP contribution in [-0.4, -0.2) is 12.0 Å². The van der Waals surface area contributed by atoms with Crippen molar-refractivity contribution in [3.8, 4) is 0 Å². The second-order valence-corrected chi connectivity index (χ2v) is 3.51. The highest BCUT2D eigenvalue weighted by Crippen LogP contribution is 2.14. The standard InChI is InChI=1S/C12H14N2/c1-9-3-5-11-7-10(8-13-2)4-6-12(11)14-9/h3-7,13H,8H2,1-2H3. The van der Waals surface area contributed by atoms with Crippen LogP contribution in [0.25, 0.3) is 10.9 Å². The summed E-state index contributed by atoms with van der Waals surface area (Å²) in [6, 6.07) is 10.5. The third-order valence-corrected chi connectivity index (χ3v) is 2.27. The van der Waals surface area contributed by atoms with Crippen molar-refractivity contribution in [3.63, 3.8) is 0 Å². The molecule has 14 heavy (non-hydrogen) atoms. The zero-order chi connectivity index (χ0) is 9.97. The van der Waals surface area contributed by atoms with E-state index in [1.807, 2.05) is 20.0 Å². The first-order valence-corrected chi connectivity index (χ1v) is 4.80. The first kappa shape index (κ1) is 9.16. The van der Waals surface area contributed by atoms with Gasteiger partial charge in [0.2, 0.25) is 0 Å². The Balaban J connectivity index is 2.50. The third kappa shape index (κ3) is 1.75. The lowest BCUT2D eigenvalue weighted by Crippen LogP contribution is -2.04. The first-order valence-electron chi connectivity index (χ1n) is 4.80. The average molecular weight is 186 g/mol. The van der Waals surface area contributed by atoms with E-state index in [9.17, 15) is 0 Å². The van der Waals surface area contributed by atoms with Crippen molar-refractivity contribution in [2.45, 2.75) is 13.5 Å². The highest BCUT2D eigenvalue weighted by Gasteiger charge is 1.96. The van der Waals surface area contributed by atoms with Gasteiger partial charge in [-0.15, -0.1) is 0 Å². The Morgan fingerprint density at radius 1 is 1.21 bits per heavy atom. The molecule has 0 saturated carbocycles. The van der Waals surface area contributed by atoms with E-state index in [1.165, 1.54) is 10.9 Å². The minimum Gasteiger partial charge on any atom is -0.316 e. The van der Waals surface area contributed by atoms with Crippen LogP contribution in [0.4, 0.5) is 0 Å². The molecule has 0 aliphatic rings. The number of benzene rings is 1. The van der Waals surface area contributed by atoms with Gasteiger partial charge >= 0.3 is 0 Å². The summed E-state index contributed by atoms with van der Waals surface area (Å²) in [6.07, 6.45) is 0. The molecular formula is C12H14N2. The molecule has 1 heterocycles. The summed E-state index contributed by atoms with van der Waals surface area (Å²) in [7, 11) is 1.96. The Morgan fingerprint density at radius 2 is 2.07 bits per heavy atom. The Morgan fingerprint density at radius 3 is 2.86 bits per heavy atom. The number of aryl methyl sites for hydroxylation is 1. The second-order valence-electron chi connectivity index (χ2n) is 3.51. The van der Waals surface area contributed by atoms with Gasteiger partial charge in [0.05, 0.1) is 5.52 Å². The van der Waals surface area contributed by atoms with Gasteiger partial charge in [0.15, 0.2) is 0 Å². The van der Waals surface area contributed by atoms with Gasteiger partial charge in [-0.05, 0) is 37.7 Å². The number of rotatable bonds is 2. The highest BCUT2D eigenvalue weighted by molar-refractivity contribution is 5.79. The van der Waals surface area contributed by atoms with Gasteiger partial charge in [0.25, 0.3) is 0 Å². The Labute approximate surface area is 84.0 Å². The van der Waals surface area contributed by atoms with Crippen molar-refractivity contribution >= 4 is 10.9 Å². The molecule has 2 aromatic rings. The van der Waals surface area contributed by atoms with Crippen LogP contribution in [0.15, 0.2) is 30.3 Å². The van der Waals surface area contributed by atoms with Crippen molar-refractivity contribution < 1.29 is 0 Å². The number of nitrogens with one attached hydrogen (secondary N) is 1. The normalized spacial score (nSPS) is 10.7. The van der Waals surface area contributed by atoms with Crippen molar-refractivity contribution in [1.29, 1.82) is 0 Å². The van der Waals surface area contributed by atoms with Crippen LogP contribution in [0.3, 0.4) is 0 Å². The summed E-state index contributed by atoms with van der Waals surface area (Å²) in [5, 5.41) is 4.35. The maximum atomic E-state index is 4.46. The van der Waals surface area contributed by atoms with Crippen molar-refractivity contribution in [3.05, 3.63) is 41.6 Å². The molecule has 0 amide bonds. The average Bonchev–Trinajstić information content (AvgIpc) is 2.19. The van der Waals surface area contributed by atoms with Gasteiger partial charge in [-0.25, -0.2) is 0 Å². The molecule has 0 aliphatic heterocycles. The van der Waals surface area contributed by atoms with Crippen LogP contribution >= 0.6 is 0 Å². The summed E-state index contributed by atoms with van der Waals surface area (Å²) in [5.41, 5.74) is 3.44. The van der Waals surface area contributed by atoms with E-state index < -0.39 is 0 Å². The lowest BCUT2D eigenvalue weighted by Gasteiger charge is -2.03. The Hall–Kier alpha value is -1.41. The summed E-state index contributed by atoms with van der Waals surface area (Å²) < 4.78 is 0. The maximum Gasteiger partial charge on any atom is 0.0705 e. The van der Waals surface area contributed by atoms with Gasteiger partial charge in [-0.1, -0.05) is 12.1 Å². The van der Waals surface area contributed by atoms with E-state index in [0.29, 0.717) is 0 Å². The van der Waals surface area contributed by atoms with Crippen LogP contribution < -0.4 is 5.32 Å². The van der Waals surface area contributed by atoms with E-state index in [1.54, 1.807) is 0 Å². The number of hydrogen-bond acceptors (Lipinski definition) is 2. The number of aromatic nitrogens is 1. The van der Waals surface area contributed by atoms with Gasteiger partial charge in [-0.3, -0.25) is 4.98 Å². The van der Waals surface area contributed by atoms with E-state index in [-0.39, 0.29) is 0 Å². The number of fused-ring (bicyclic) bond motifs is 1. The van der Waals surface area contributed by atoms with Gasteiger partial charge in [-0.2, -0.15) is 0 Å².